The topological polar surface area (TPSA) is 81.7 Å². The lowest BCUT2D eigenvalue weighted by molar-refractivity contribution is -0.149. The zero-order chi connectivity index (χ0) is 24.0. The Kier molecular flexibility index (Phi) is 19.8. The minimum Gasteiger partial charge on any atom is -0.464 e. The van der Waals surface area contributed by atoms with E-state index >= 15 is 0 Å². The molecule has 186 valence electrons. The molecule has 0 heterocycles. The smallest absolute Gasteiger partial charge is 0.303 e. The molecule has 0 bridgehead atoms. The van der Waals surface area contributed by atoms with Crippen molar-refractivity contribution in [1.29, 1.82) is 0 Å². The highest BCUT2D eigenvalue weighted by Gasteiger charge is 2.24. The van der Waals surface area contributed by atoms with Crippen LogP contribution in [0.1, 0.15) is 118 Å². The predicted octanol–water partition coefficient (Wildman–Crippen LogP) is 6.02. The van der Waals surface area contributed by atoms with E-state index in [1.54, 1.807) is 6.08 Å². The van der Waals surface area contributed by atoms with E-state index in [1.807, 2.05) is 6.08 Å². The molecule has 0 unspecified atom stereocenters. The maximum Gasteiger partial charge on any atom is 0.303 e. The summed E-state index contributed by atoms with van der Waals surface area (Å²) in [5, 5.41) is 2.70. The summed E-state index contributed by atoms with van der Waals surface area (Å²) in [5.74, 6) is -1.17. The number of unbranched alkanes of at least 4 members (excludes halogenated alkanes) is 13. The van der Waals surface area contributed by atoms with Gasteiger partial charge in [-0.3, -0.25) is 14.4 Å². The highest BCUT2D eigenvalue weighted by molar-refractivity contribution is 5.73. The second-order valence-corrected chi connectivity index (χ2v) is 8.64. The minimum absolute atomic E-state index is 0.0457. The van der Waals surface area contributed by atoms with Crippen LogP contribution in [0.25, 0.3) is 0 Å². The number of amides is 1. The first-order chi connectivity index (χ1) is 15.4. The van der Waals surface area contributed by atoms with Gasteiger partial charge in [0.25, 0.3) is 0 Å². The monoisotopic (exact) mass is 453 g/mol. The van der Waals surface area contributed by atoms with E-state index in [9.17, 15) is 14.4 Å². The summed E-state index contributed by atoms with van der Waals surface area (Å²) < 4.78 is 10.4. The summed E-state index contributed by atoms with van der Waals surface area (Å²) in [6.45, 7) is 6.22. The molecule has 6 heteroatoms. The van der Waals surface area contributed by atoms with Gasteiger partial charge in [0.2, 0.25) is 5.91 Å². The third-order valence-electron chi connectivity index (χ3n) is 5.35. The van der Waals surface area contributed by atoms with Gasteiger partial charge in [-0.1, -0.05) is 90.0 Å². The number of carbonyl (C=O) groups is 3. The number of hydrogen-bond donors (Lipinski definition) is 1. The Balaban J connectivity index is 4.06. The van der Waals surface area contributed by atoms with Gasteiger partial charge in [-0.2, -0.15) is 0 Å². The molecule has 0 aromatic carbocycles. The third kappa shape index (κ3) is 20.1. The number of nitrogens with one attached hydrogen (secondary N) is 1. The SMILES string of the molecule is CCCCCCCCCCCCCCCC=C[C@H](OC(C)=O)[C@H](COC(C)=O)NC(C)=O. The summed E-state index contributed by atoms with van der Waals surface area (Å²) in [7, 11) is 0. The minimum atomic E-state index is -0.669. The van der Waals surface area contributed by atoms with Gasteiger partial charge < -0.3 is 14.8 Å². The number of esters is 2. The maximum atomic E-state index is 11.5. The number of carbonyl (C=O) groups excluding carboxylic acids is 3. The summed E-state index contributed by atoms with van der Waals surface area (Å²) in [6, 6.07) is -0.608. The molecule has 2 atom stereocenters. The predicted molar refractivity (Wildman–Crippen MR) is 129 cm³/mol. The summed E-state index contributed by atoms with van der Waals surface area (Å²) in [6.07, 6.45) is 21.1. The van der Waals surface area contributed by atoms with Crippen LogP contribution in [0, 0.1) is 0 Å². The molecule has 0 radical (unpaired) electrons. The van der Waals surface area contributed by atoms with Gasteiger partial charge in [0.1, 0.15) is 18.8 Å². The lowest BCUT2D eigenvalue weighted by atomic mass is 10.0. The van der Waals surface area contributed by atoms with Gasteiger partial charge in [-0.15, -0.1) is 0 Å². The van der Waals surface area contributed by atoms with Gasteiger partial charge in [0.15, 0.2) is 0 Å². The van der Waals surface area contributed by atoms with Crippen LogP contribution in [-0.2, 0) is 23.9 Å². The van der Waals surface area contributed by atoms with Crippen LogP contribution < -0.4 is 5.32 Å². The van der Waals surface area contributed by atoms with Gasteiger partial charge in [0.05, 0.1) is 0 Å². The molecule has 1 amide bonds. The Bertz CT molecular complexity index is 532. The Morgan fingerprint density at radius 1 is 0.750 bits per heavy atom. The molecular formula is C26H47NO5. The van der Waals surface area contributed by atoms with Crippen molar-refractivity contribution in [3.8, 4) is 0 Å². The van der Waals surface area contributed by atoms with Crippen molar-refractivity contribution in [2.75, 3.05) is 6.61 Å². The first-order valence-electron chi connectivity index (χ1n) is 12.6. The van der Waals surface area contributed by atoms with Crippen LogP contribution in [0.5, 0.6) is 0 Å². The molecule has 0 aliphatic rings. The molecular weight excluding hydrogens is 406 g/mol. The molecule has 0 aliphatic carbocycles. The number of rotatable bonds is 20. The molecule has 1 N–H and O–H groups in total. The van der Waals surface area contributed by atoms with Crippen LogP contribution in [0.15, 0.2) is 12.2 Å². The second-order valence-electron chi connectivity index (χ2n) is 8.64. The quantitative estimate of drug-likeness (QED) is 0.138. The maximum absolute atomic E-state index is 11.5. The van der Waals surface area contributed by atoms with Crippen molar-refractivity contribution in [1.82, 2.24) is 5.32 Å². The van der Waals surface area contributed by atoms with Crippen molar-refractivity contribution < 1.29 is 23.9 Å². The molecule has 0 aromatic heterocycles. The highest BCUT2D eigenvalue weighted by Crippen LogP contribution is 2.13. The summed E-state index contributed by atoms with van der Waals surface area (Å²) >= 11 is 0. The van der Waals surface area contributed by atoms with Gasteiger partial charge in [-0.25, -0.2) is 0 Å². The van der Waals surface area contributed by atoms with Crippen molar-refractivity contribution in [3.05, 3.63) is 12.2 Å². The zero-order valence-corrected chi connectivity index (χ0v) is 21.0. The van der Waals surface area contributed by atoms with E-state index in [-0.39, 0.29) is 12.5 Å². The van der Waals surface area contributed by atoms with Crippen LogP contribution in [0.2, 0.25) is 0 Å². The zero-order valence-electron chi connectivity index (χ0n) is 21.0. The van der Waals surface area contributed by atoms with Crippen molar-refractivity contribution in [2.24, 2.45) is 0 Å². The largest absolute Gasteiger partial charge is 0.464 e. The van der Waals surface area contributed by atoms with Crippen LogP contribution >= 0.6 is 0 Å². The van der Waals surface area contributed by atoms with Gasteiger partial charge >= 0.3 is 11.9 Å². The lowest BCUT2D eigenvalue weighted by Gasteiger charge is -2.24. The second kappa shape index (κ2) is 21.0. The molecule has 0 saturated heterocycles. The van der Waals surface area contributed by atoms with E-state index in [0.717, 1.165) is 12.8 Å². The molecule has 0 aliphatic heterocycles. The summed E-state index contributed by atoms with van der Waals surface area (Å²) in [5.41, 5.74) is 0. The van der Waals surface area contributed by atoms with Crippen molar-refractivity contribution in [2.45, 2.75) is 130 Å². The van der Waals surface area contributed by atoms with Crippen molar-refractivity contribution in [3.63, 3.8) is 0 Å². The lowest BCUT2D eigenvalue weighted by Crippen LogP contribution is -2.46. The standard InChI is InChI=1S/C26H47NO5/c1-5-6-7-8-9-10-11-12-13-14-15-16-17-18-19-20-26(32-24(4)30)25(27-22(2)28)21-31-23(3)29/h19-20,25-26H,5-18,21H2,1-4H3,(H,27,28)/t25-,26-/m0/s1. The van der Waals surface area contributed by atoms with Crippen LogP contribution in [0.3, 0.4) is 0 Å². The van der Waals surface area contributed by atoms with Crippen LogP contribution in [0.4, 0.5) is 0 Å². The van der Waals surface area contributed by atoms with Crippen LogP contribution in [-0.4, -0.2) is 36.6 Å². The highest BCUT2D eigenvalue weighted by atomic mass is 16.6. The Morgan fingerprint density at radius 3 is 1.69 bits per heavy atom. The normalized spacial score (nSPS) is 13.0. The molecule has 0 saturated carbocycles. The van der Waals surface area contributed by atoms with E-state index < -0.39 is 24.1 Å². The average molecular weight is 454 g/mol. The fourth-order valence-electron chi connectivity index (χ4n) is 3.64. The molecule has 0 spiro atoms. The fraction of sp³-hybridized carbons (Fsp3) is 0.808. The third-order valence-corrected chi connectivity index (χ3v) is 5.35. The average Bonchev–Trinajstić information content (AvgIpc) is 2.72. The molecule has 0 aromatic rings. The molecule has 32 heavy (non-hydrogen) atoms. The summed E-state index contributed by atoms with van der Waals surface area (Å²) in [4.78, 5) is 34.1. The van der Waals surface area contributed by atoms with E-state index in [1.165, 1.54) is 97.8 Å². The van der Waals surface area contributed by atoms with E-state index in [0.29, 0.717) is 0 Å². The first-order valence-corrected chi connectivity index (χ1v) is 12.6. The van der Waals surface area contributed by atoms with Crippen molar-refractivity contribution >= 4 is 17.8 Å². The number of allylic oxidation sites excluding steroid dienone is 1. The Labute approximate surface area is 195 Å². The number of hydrogen-bond acceptors (Lipinski definition) is 5. The first kappa shape index (κ1) is 30.1. The molecule has 6 nitrogen and oxygen atoms in total. The Morgan fingerprint density at radius 2 is 1.25 bits per heavy atom. The number of ether oxygens (including phenoxy) is 2. The van der Waals surface area contributed by atoms with E-state index in [4.69, 9.17) is 9.47 Å². The van der Waals surface area contributed by atoms with Gasteiger partial charge in [0, 0.05) is 20.8 Å². The molecule has 0 fully saturated rings. The molecule has 0 rings (SSSR count). The van der Waals surface area contributed by atoms with E-state index in [2.05, 4.69) is 12.2 Å². The fourth-order valence-corrected chi connectivity index (χ4v) is 3.64. The van der Waals surface area contributed by atoms with Gasteiger partial charge in [-0.05, 0) is 18.9 Å². The Hall–Kier alpha value is -1.85.